The van der Waals surface area contributed by atoms with E-state index in [0.717, 1.165) is 0 Å². The Hall–Kier alpha value is -3.19. The number of carbonyl (C=O) groups is 1. The van der Waals surface area contributed by atoms with Crippen molar-refractivity contribution >= 4 is 6.09 Å². The maximum absolute atomic E-state index is 12.1. The minimum Gasteiger partial charge on any atom is -0.449 e. The van der Waals surface area contributed by atoms with Gasteiger partial charge in [0.1, 0.15) is 12.3 Å². The summed E-state index contributed by atoms with van der Waals surface area (Å²) >= 11 is 0. The smallest absolute Gasteiger partial charge is 0.407 e. The Labute approximate surface area is 163 Å². The Bertz CT molecular complexity index is 924. The molecule has 0 saturated carbocycles. The first-order chi connectivity index (χ1) is 13.8. The molecular weight excluding hydrogens is 356 g/mol. The van der Waals surface area contributed by atoms with Crippen LogP contribution in [0.3, 0.4) is 0 Å². The predicted molar refractivity (Wildman–Crippen MR) is 104 cm³/mol. The minimum absolute atomic E-state index is 0.0604. The van der Waals surface area contributed by atoms with Crippen molar-refractivity contribution in [3.63, 3.8) is 0 Å². The fraction of sp³-hybridized carbons (Fsp3) is 0.286. The zero-order valence-corrected chi connectivity index (χ0v) is 15.4. The summed E-state index contributed by atoms with van der Waals surface area (Å²) in [7, 11) is 0. The average Bonchev–Trinajstić information content (AvgIpc) is 3.32. The zero-order chi connectivity index (χ0) is 19.3. The second kappa shape index (κ2) is 8.22. The number of aliphatic hydroxyl groups is 1. The van der Waals surface area contributed by atoms with Crippen molar-refractivity contribution in [3.05, 3.63) is 71.5 Å². The number of aryl methyl sites for hydroxylation is 1. The highest BCUT2D eigenvalue weighted by Gasteiger charge is 2.28. The quantitative estimate of drug-likeness (QED) is 0.617. The van der Waals surface area contributed by atoms with Crippen LogP contribution in [0.15, 0.2) is 54.7 Å². The summed E-state index contributed by atoms with van der Waals surface area (Å²) in [4.78, 5) is 12.1. The van der Waals surface area contributed by atoms with E-state index in [0.29, 0.717) is 31.8 Å². The molecule has 0 bridgehead atoms. The lowest BCUT2D eigenvalue weighted by molar-refractivity contribution is 0.142. The maximum Gasteiger partial charge on any atom is 0.407 e. The lowest BCUT2D eigenvalue weighted by Gasteiger charge is -2.14. The van der Waals surface area contributed by atoms with Crippen molar-refractivity contribution in [2.75, 3.05) is 13.2 Å². The van der Waals surface area contributed by atoms with Crippen LogP contribution < -0.4 is 5.32 Å². The number of aromatic nitrogens is 3. The first-order valence-corrected chi connectivity index (χ1v) is 9.35. The molecule has 0 unspecified atom stereocenters. The Morgan fingerprint density at radius 1 is 1.11 bits per heavy atom. The van der Waals surface area contributed by atoms with E-state index in [1.807, 2.05) is 24.3 Å². The molecule has 1 aliphatic rings. The van der Waals surface area contributed by atoms with Gasteiger partial charge in [-0.25, -0.2) is 4.79 Å². The third kappa shape index (κ3) is 3.75. The molecule has 1 aliphatic carbocycles. The third-order valence-corrected chi connectivity index (χ3v) is 4.93. The molecule has 0 radical (unpaired) electrons. The van der Waals surface area contributed by atoms with E-state index in [1.165, 1.54) is 22.3 Å². The highest BCUT2D eigenvalue weighted by molar-refractivity contribution is 5.79. The molecule has 3 aromatic rings. The number of hydrogen-bond acceptors (Lipinski definition) is 5. The van der Waals surface area contributed by atoms with E-state index in [1.54, 1.807) is 10.9 Å². The molecule has 0 aliphatic heterocycles. The lowest BCUT2D eigenvalue weighted by Crippen LogP contribution is -2.27. The van der Waals surface area contributed by atoms with Gasteiger partial charge in [-0.2, -0.15) is 0 Å². The number of rotatable bonds is 7. The van der Waals surface area contributed by atoms with Crippen molar-refractivity contribution in [1.82, 2.24) is 20.3 Å². The molecule has 0 saturated heterocycles. The molecule has 0 atom stereocenters. The molecular formula is C21H22N4O3. The SMILES string of the molecule is O=C(NCCCn1cc(CO)nn1)OCC1c2ccccc2-c2ccccc21. The number of amides is 1. The molecule has 7 nitrogen and oxygen atoms in total. The van der Waals surface area contributed by atoms with Crippen molar-refractivity contribution < 1.29 is 14.6 Å². The van der Waals surface area contributed by atoms with Gasteiger partial charge in [-0.1, -0.05) is 53.7 Å². The number of aliphatic hydroxyl groups excluding tert-OH is 1. The first kappa shape index (κ1) is 18.2. The number of carbonyl (C=O) groups excluding carboxylic acids is 1. The van der Waals surface area contributed by atoms with Crippen LogP contribution in [-0.4, -0.2) is 39.3 Å². The van der Waals surface area contributed by atoms with E-state index in [-0.39, 0.29) is 12.5 Å². The van der Waals surface area contributed by atoms with Gasteiger partial charge in [-0.05, 0) is 28.7 Å². The zero-order valence-electron chi connectivity index (χ0n) is 15.4. The van der Waals surface area contributed by atoms with Crippen molar-refractivity contribution in [2.45, 2.75) is 25.5 Å². The molecule has 0 spiro atoms. The Morgan fingerprint density at radius 3 is 2.43 bits per heavy atom. The van der Waals surface area contributed by atoms with E-state index in [9.17, 15) is 4.79 Å². The lowest BCUT2D eigenvalue weighted by atomic mass is 9.98. The number of nitrogens with zero attached hydrogens (tertiary/aromatic N) is 3. The molecule has 1 heterocycles. The summed E-state index contributed by atoms with van der Waals surface area (Å²) in [5, 5.41) is 19.5. The monoisotopic (exact) mass is 378 g/mol. The third-order valence-electron chi connectivity index (χ3n) is 4.93. The Balaban J connectivity index is 1.28. The highest BCUT2D eigenvalue weighted by Crippen LogP contribution is 2.44. The number of fused-ring (bicyclic) bond motifs is 3. The molecule has 28 heavy (non-hydrogen) atoms. The van der Waals surface area contributed by atoms with Crippen LogP contribution in [0.25, 0.3) is 11.1 Å². The van der Waals surface area contributed by atoms with Crippen LogP contribution in [0.1, 0.15) is 29.2 Å². The maximum atomic E-state index is 12.1. The van der Waals surface area contributed by atoms with Crippen LogP contribution in [0, 0.1) is 0 Å². The second-order valence-electron chi connectivity index (χ2n) is 6.74. The minimum atomic E-state index is -0.420. The van der Waals surface area contributed by atoms with Crippen LogP contribution in [-0.2, 0) is 17.9 Å². The number of ether oxygens (including phenoxy) is 1. The number of nitrogens with one attached hydrogen (secondary N) is 1. The molecule has 1 aromatic heterocycles. The van der Waals surface area contributed by atoms with Crippen molar-refractivity contribution in [2.24, 2.45) is 0 Å². The summed E-state index contributed by atoms with van der Waals surface area (Å²) in [6, 6.07) is 16.5. The van der Waals surface area contributed by atoms with Gasteiger partial charge in [0, 0.05) is 19.0 Å². The molecule has 144 valence electrons. The topological polar surface area (TPSA) is 89.3 Å². The van der Waals surface area contributed by atoms with Crippen LogP contribution in [0.5, 0.6) is 0 Å². The molecule has 7 heteroatoms. The molecule has 2 N–H and O–H groups in total. The normalized spacial score (nSPS) is 12.5. The van der Waals surface area contributed by atoms with Gasteiger partial charge in [0.15, 0.2) is 0 Å². The Morgan fingerprint density at radius 2 is 1.79 bits per heavy atom. The van der Waals surface area contributed by atoms with E-state index < -0.39 is 6.09 Å². The fourth-order valence-electron chi connectivity index (χ4n) is 3.60. The van der Waals surface area contributed by atoms with Crippen LogP contribution in [0.4, 0.5) is 4.79 Å². The van der Waals surface area contributed by atoms with E-state index >= 15 is 0 Å². The second-order valence-corrected chi connectivity index (χ2v) is 6.74. The van der Waals surface area contributed by atoms with Crippen molar-refractivity contribution in [1.29, 1.82) is 0 Å². The summed E-state index contributed by atoms with van der Waals surface area (Å²) < 4.78 is 7.14. The van der Waals surface area contributed by atoms with E-state index in [4.69, 9.17) is 9.84 Å². The number of alkyl carbamates (subject to hydrolysis) is 1. The standard InChI is InChI=1S/C21H22N4O3/c26-13-15-12-25(24-23-15)11-5-10-22-21(27)28-14-20-18-8-3-1-6-16(18)17-7-2-4-9-19(17)20/h1-4,6-9,12,20,26H,5,10-11,13-14H2,(H,22,27). The van der Waals surface area contributed by atoms with Gasteiger partial charge < -0.3 is 15.2 Å². The van der Waals surface area contributed by atoms with Crippen molar-refractivity contribution in [3.8, 4) is 11.1 Å². The average molecular weight is 378 g/mol. The molecule has 4 rings (SSSR count). The molecule has 1 amide bonds. The first-order valence-electron chi connectivity index (χ1n) is 9.35. The largest absolute Gasteiger partial charge is 0.449 e. The highest BCUT2D eigenvalue weighted by atomic mass is 16.5. The fourth-order valence-corrected chi connectivity index (χ4v) is 3.60. The van der Waals surface area contributed by atoms with Gasteiger partial charge in [0.2, 0.25) is 0 Å². The van der Waals surface area contributed by atoms with Gasteiger partial charge in [0.05, 0.1) is 12.8 Å². The van der Waals surface area contributed by atoms with Gasteiger partial charge in [-0.3, -0.25) is 4.68 Å². The van der Waals surface area contributed by atoms with Crippen LogP contribution in [0.2, 0.25) is 0 Å². The van der Waals surface area contributed by atoms with Gasteiger partial charge >= 0.3 is 6.09 Å². The van der Waals surface area contributed by atoms with Gasteiger partial charge in [-0.15, -0.1) is 5.10 Å². The summed E-state index contributed by atoms with van der Waals surface area (Å²) in [5.74, 6) is 0.0604. The number of benzene rings is 2. The molecule has 2 aromatic carbocycles. The predicted octanol–water partition coefficient (Wildman–Crippen LogP) is 2.70. The van der Waals surface area contributed by atoms with E-state index in [2.05, 4.69) is 39.9 Å². The summed E-state index contributed by atoms with van der Waals surface area (Å²) in [5.41, 5.74) is 5.35. The van der Waals surface area contributed by atoms with Crippen LogP contribution >= 0.6 is 0 Å². The summed E-state index contributed by atoms with van der Waals surface area (Å²) in [6.07, 6.45) is 1.96. The summed E-state index contributed by atoms with van der Waals surface area (Å²) in [6.45, 7) is 1.27. The number of hydrogen-bond donors (Lipinski definition) is 2. The van der Waals surface area contributed by atoms with Gasteiger partial charge in [0.25, 0.3) is 0 Å². The Kier molecular flexibility index (Phi) is 5.34. The molecule has 0 fully saturated rings.